The number of carbonyl (C=O) groups excluding carboxylic acids is 3. The second-order valence-corrected chi connectivity index (χ2v) is 12.5. The number of likely N-dealkylation sites (tertiary alicyclic amines) is 2. The van der Waals surface area contributed by atoms with Crippen molar-refractivity contribution in [1.29, 1.82) is 0 Å². The van der Waals surface area contributed by atoms with Gasteiger partial charge in [0.15, 0.2) is 0 Å². The maximum absolute atomic E-state index is 13.9. The lowest BCUT2D eigenvalue weighted by atomic mass is 9.70. The molecule has 40 heavy (non-hydrogen) atoms. The van der Waals surface area contributed by atoms with Crippen LogP contribution >= 0.6 is 0 Å². The molecule has 3 heterocycles. The van der Waals surface area contributed by atoms with Crippen LogP contribution in [0.4, 0.5) is 0 Å². The second kappa shape index (κ2) is 11.3. The topological polar surface area (TPSA) is 104 Å². The van der Waals surface area contributed by atoms with E-state index in [1.54, 1.807) is 19.4 Å². The van der Waals surface area contributed by atoms with E-state index < -0.39 is 12.1 Å². The molecule has 4 atom stereocenters. The van der Waals surface area contributed by atoms with Crippen LogP contribution in [-0.4, -0.2) is 77.9 Å². The average molecular weight is 548 g/mol. The molecule has 1 spiro atoms. The number of ether oxygens (including phenoxy) is 1. The van der Waals surface area contributed by atoms with E-state index in [2.05, 4.69) is 34.4 Å². The zero-order chi connectivity index (χ0) is 28.5. The molecule has 0 bridgehead atoms. The van der Waals surface area contributed by atoms with Crippen molar-refractivity contribution in [2.24, 2.45) is 22.7 Å². The highest BCUT2D eigenvalue weighted by Gasteiger charge is 2.61. The Morgan fingerprint density at radius 1 is 1.02 bits per heavy atom. The van der Waals surface area contributed by atoms with Crippen molar-refractivity contribution >= 4 is 17.7 Å². The number of nitrogens with zero attached hydrogens (tertiary/aromatic N) is 3. The van der Waals surface area contributed by atoms with Crippen molar-refractivity contribution in [1.82, 2.24) is 25.4 Å². The zero-order valence-electron chi connectivity index (χ0n) is 23.9. The monoisotopic (exact) mass is 547 g/mol. The predicted molar refractivity (Wildman–Crippen MR) is 151 cm³/mol. The van der Waals surface area contributed by atoms with E-state index in [-0.39, 0.29) is 40.4 Å². The number of aromatic nitrogens is 1. The van der Waals surface area contributed by atoms with Gasteiger partial charge in [0.25, 0.3) is 0 Å². The third kappa shape index (κ3) is 5.90. The Bertz CT molecular complexity index is 1210. The van der Waals surface area contributed by atoms with Gasteiger partial charge < -0.3 is 20.3 Å². The van der Waals surface area contributed by atoms with Crippen LogP contribution in [0.25, 0.3) is 0 Å². The lowest BCUT2D eigenvalue weighted by Crippen LogP contribution is -2.65. The summed E-state index contributed by atoms with van der Waals surface area (Å²) < 4.78 is 6.03. The van der Waals surface area contributed by atoms with E-state index in [1.807, 2.05) is 54.3 Å². The Morgan fingerprint density at radius 2 is 1.70 bits per heavy atom. The highest BCUT2D eigenvalue weighted by molar-refractivity contribution is 5.90. The molecule has 1 aliphatic carbocycles. The van der Waals surface area contributed by atoms with E-state index in [4.69, 9.17) is 4.74 Å². The summed E-state index contributed by atoms with van der Waals surface area (Å²) in [7, 11) is 1.56. The minimum absolute atomic E-state index is 0.0658. The molecule has 2 N–H and O–H groups in total. The van der Waals surface area contributed by atoms with Crippen molar-refractivity contribution in [2.75, 3.05) is 33.2 Å². The minimum Gasteiger partial charge on any atom is -0.371 e. The quantitative estimate of drug-likeness (QED) is 0.473. The van der Waals surface area contributed by atoms with E-state index in [1.165, 1.54) is 0 Å². The predicted octanol–water partition coefficient (Wildman–Crippen LogP) is 2.22. The summed E-state index contributed by atoms with van der Waals surface area (Å²) in [6, 6.07) is 12.9. The second-order valence-electron chi connectivity index (χ2n) is 12.5. The number of benzene rings is 1. The van der Waals surface area contributed by atoms with Gasteiger partial charge in [-0.3, -0.25) is 24.3 Å². The highest BCUT2D eigenvalue weighted by atomic mass is 16.5. The smallest absolute Gasteiger partial charge is 0.245 e. The number of nitrogens with one attached hydrogen (secondary N) is 2. The molecule has 0 radical (unpaired) electrons. The van der Waals surface area contributed by atoms with Crippen molar-refractivity contribution in [2.45, 2.75) is 52.5 Å². The van der Waals surface area contributed by atoms with Crippen LogP contribution in [0.15, 0.2) is 54.9 Å². The minimum atomic E-state index is -0.836. The molecule has 0 unspecified atom stereocenters. The highest BCUT2D eigenvalue weighted by Crippen LogP contribution is 2.54. The van der Waals surface area contributed by atoms with Gasteiger partial charge in [-0.15, -0.1) is 0 Å². The molecule has 2 aromatic rings. The zero-order valence-corrected chi connectivity index (χ0v) is 23.9. The fraction of sp³-hybridized carbons (Fsp3) is 0.548. The summed E-state index contributed by atoms with van der Waals surface area (Å²) in [5, 5.41) is 5.71. The number of rotatable bonds is 10. The Balaban J connectivity index is 1.29. The van der Waals surface area contributed by atoms with Crippen LogP contribution in [0.5, 0.6) is 0 Å². The van der Waals surface area contributed by atoms with Crippen molar-refractivity contribution in [3.8, 4) is 0 Å². The maximum Gasteiger partial charge on any atom is 0.245 e. The van der Waals surface area contributed by atoms with Crippen LogP contribution in [0.2, 0.25) is 0 Å². The molecule has 9 heteroatoms. The number of likely N-dealkylation sites (N-methyl/N-ethyl adjacent to an activating group) is 1. The van der Waals surface area contributed by atoms with Gasteiger partial charge in [0.05, 0.1) is 18.6 Å². The SMILES string of the molecule is CNC(=O)[C@@H](NC(=O)[C@H]1CN(Cc2ccncc2)CC12CN(C(=O)[C@H]1CC1(C)C)C2)[C@@H](C)OCc1ccccc1. The Kier molecular flexibility index (Phi) is 7.97. The summed E-state index contributed by atoms with van der Waals surface area (Å²) in [6.45, 7) is 9.52. The molecule has 1 aromatic carbocycles. The summed E-state index contributed by atoms with van der Waals surface area (Å²) >= 11 is 0. The molecule has 2 aliphatic heterocycles. The Morgan fingerprint density at radius 3 is 2.33 bits per heavy atom. The van der Waals surface area contributed by atoms with E-state index in [9.17, 15) is 14.4 Å². The fourth-order valence-electron chi connectivity index (χ4n) is 6.30. The van der Waals surface area contributed by atoms with Crippen LogP contribution in [0.3, 0.4) is 0 Å². The van der Waals surface area contributed by atoms with Gasteiger partial charge in [-0.25, -0.2) is 0 Å². The first-order valence-electron chi connectivity index (χ1n) is 14.2. The van der Waals surface area contributed by atoms with Crippen LogP contribution < -0.4 is 10.6 Å². The van der Waals surface area contributed by atoms with E-state index in [0.717, 1.165) is 24.1 Å². The third-order valence-corrected chi connectivity index (χ3v) is 8.98. The molecule has 9 nitrogen and oxygen atoms in total. The van der Waals surface area contributed by atoms with Gasteiger partial charge in [0.2, 0.25) is 17.7 Å². The first-order chi connectivity index (χ1) is 19.1. The van der Waals surface area contributed by atoms with Crippen LogP contribution in [0, 0.1) is 22.7 Å². The van der Waals surface area contributed by atoms with Crippen molar-refractivity contribution in [3.05, 3.63) is 66.0 Å². The maximum atomic E-state index is 13.9. The van der Waals surface area contributed by atoms with Crippen LogP contribution in [0.1, 0.15) is 38.3 Å². The van der Waals surface area contributed by atoms with Gasteiger partial charge in [0.1, 0.15) is 6.04 Å². The fourth-order valence-corrected chi connectivity index (χ4v) is 6.30. The Hall–Kier alpha value is -3.30. The van der Waals surface area contributed by atoms with Crippen LogP contribution in [-0.2, 0) is 32.3 Å². The summed E-state index contributed by atoms with van der Waals surface area (Å²) in [5.41, 5.74) is 1.85. The lowest BCUT2D eigenvalue weighted by Gasteiger charge is -2.51. The molecule has 5 rings (SSSR count). The summed E-state index contributed by atoms with van der Waals surface area (Å²) in [6.07, 6.45) is 3.93. The van der Waals surface area contributed by atoms with E-state index in [0.29, 0.717) is 32.8 Å². The summed E-state index contributed by atoms with van der Waals surface area (Å²) in [4.78, 5) is 48.2. The molecule has 1 saturated carbocycles. The number of pyridine rings is 1. The average Bonchev–Trinajstić information content (AvgIpc) is 3.41. The van der Waals surface area contributed by atoms with Gasteiger partial charge >= 0.3 is 0 Å². The molecule has 1 aromatic heterocycles. The van der Waals surface area contributed by atoms with Crippen molar-refractivity contribution < 1.29 is 19.1 Å². The molecule has 2 saturated heterocycles. The Labute approximate surface area is 236 Å². The first kappa shape index (κ1) is 28.2. The summed E-state index contributed by atoms with van der Waals surface area (Å²) in [5.74, 6) is -0.532. The standard InChI is InChI=1S/C31H41N5O4/c1-21(40-17-23-8-6-5-7-9-23)26(28(38)32-4)34-27(37)25-16-35(15-22-10-12-33-13-11-22)18-31(25)19-36(20-31)29(39)24-14-30(24,2)3/h5-13,21,24-26H,14-20H2,1-4H3,(H,32,38)(H,34,37)/t21-,24-,25-,26+/m1/s1. The number of hydrogen-bond acceptors (Lipinski definition) is 6. The molecular formula is C31H41N5O4. The van der Waals surface area contributed by atoms with Gasteiger partial charge in [-0.05, 0) is 42.0 Å². The molecule has 3 aliphatic rings. The van der Waals surface area contributed by atoms with Gasteiger partial charge in [-0.2, -0.15) is 0 Å². The number of amides is 3. The van der Waals surface area contributed by atoms with Gasteiger partial charge in [0, 0.05) is 63.5 Å². The van der Waals surface area contributed by atoms with Gasteiger partial charge in [-0.1, -0.05) is 44.2 Å². The molecule has 3 amide bonds. The van der Waals surface area contributed by atoms with E-state index >= 15 is 0 Å². The lowest BCUT2D eigenvalue weighted by molar-refractivity contribution is -0.152. The normalized spacial score (nSPS) is 24.1. The third-order valence-electron chi connectivity index (χ3n) is 8.98. The first-order valence-corrected chi connectivity index (χ1v) is 14.2. The number of carbonyl (C=O) groups is 3. The molecule has 214 valence electrons. The number of hydrogen-bond donors (Lipinski definition) is 2. The largest absolute Gasteiger partial charge is 0.371 e. The molecular weight excluding hydrogens is 506 g/mol. The molecule has 3 fully saturated rings. The van der Waals surface area contributed by atoms with Crippen molar-refractivity contribution in [3.63, 3.8) is 0 Å².